The first-order chi connectivity index (χ1) is 21.2. The molecular formula is C35H34N2O7S. The standard InChI is InChI=1S/C35H34N2O7S/c1-20-15-26-24(9-10-29(38)37(26)19-21-7-6-8-23(16-21)45(5,41)42)32(25(20)17-30(39)40)33-28(44-35(2,3)4)18-27-31-22(12-14-43-27)11-13-36-34(31)33/h6-11,13,15-16,18H,12,14,17,19H2,1-5H3,(H,39,40). The van der Waals surface area contributed by atoms with Gasteiger partial charge in [-0.2, -0.15) is 0 Å². The van der Waals surface area contributed by atoms with Gasteiger partial charge in [0.1, 0.15) is 17.1 Å². The van der Waals surface area contributed by atoms with E-state index in [0.717, 1.165) is 17.2 Å². The number of rotatable bonds is 7. The molecule has 0 saturated heterocycles. The van der Waals surface area contributed by atoms with E-state index in [1.165, 1.54) is 12.1 Å². The van der Waals surface area contributed by atoms with Gasteiger partial charge in [-0.05, 0) is 80.3 Å². The second-order valence-electron chi connectivity index (χ2n) is 12.5. The number of sulfone groups is 1. The molecule has 3 heterocycles. The molecule has 10 heteroatoms. The van der Waals surface area contributed by atoms with Gasteiger partial charge in [0.15, 0.2) is 9.84 Å². The molecule has 0 fully saturated rings. The van der Waals surface area contributed by atoms with E-state index in [9.17, 15) is 23.1 Å². The highest BCUT2D eigenvalue weighted by molar-refractivity contribution is 7.90. The normalized spacial score (nSPS) is 13.2. The monoisotopic (exact) mass is 626 g/mol. The number of carboxylic acids is 1. The molecule has 9 nitrogen and oxygen atoms in total. The van der Waals surface area contributed by atoms with Crippen LogP contribution in [0.25, 0.3) is 32.9 Å². The smallest absolute Gasteiger partial charge is 0.307 e. The Labute approximate surface area is 261 Å². The first-order valence-electron chi connectivity index (χ1n) is 14.6. The zero-order chi connectivity index (χ0) is 32.3. The number of aryl methyl sites for hydroxylation is 1. The van der Waals surface area contributed by atoms with Crippen molar-refractivity contribution in [3.05, 3.63) is 93.4 Å². The number of aromatic nitrogens is 2. The summed E-state index contributed by atoms with van der Waals surface area (Å²) in [6.07, 6.45) is 3.33. The molecule has 1 N–H and O–H groups in total. The maximum Gasteiger partial charge on any atom is 0.307 e. The summed E-state index contributed by atoms with van der Waals surface area (Å²) in [5.41, 5.74) is 4.53. The van der Waals surface area contributed by atoms with Gasteiger partial charge in [0.25, 0.3) is 5.56 Å². The van der Waals surface area contributed by atoms with E-state index in [4.69, 9.17) is 14.5 Å². The Kier molecular flexibility index (Phi) is 7.43. The SMILES string of the molecule is Cc1cc2c(ccc(=O)n2Cc2cccc(S(C)(=O)=O)c2)c(-c2c(OC(C)(C)C)cc3c4c(ccnc24)CCO3)c1CC(=O)O. The second-order valence-corrected chi connectivity index (χ2v) is 14.5. The van der Waals surface area contributed by atoms with E-state index in [1.54, 1.807) is 35.0 Å². The van der Waals surface area contributed by atoms with Gasteiger partial charge in [0.05, 0.1) is 41.1 Å². The molecule has 2 aromatic heterocycles. The molecule has 0 saturated carbocycles. The van der Waals surface area contributed by atoms with Crippen molar-refractivity contribution in [3.63, 3.8) is 0 Å². The van der Waals surface area contributed by atoms with Crippen LogP contribution in [0.3, 0.4) is 0 Å². The topological polar surface area (TPSA) is 125 Å². The summed E-state index contributed by atoms with van der Waals surface area (Å²) in [4.78, 5) is 30.7. The first kappa shape index (κ1) is 30.3. The lowest BCUT2D eigenvalue weighted by Gasteiger charge is -2.28. The maximum absolute atomic E-state index is 13.4. The lowest BCUT2D eigenvalue weighted by molar-refractivity contribution is -0.136. The Bertz CT molecular complexity index is 2200. The average Bonchev–Trinajstić information content (AvgIpc) is 2.95. The molecule has 232 valence electrons. The van der Waals surface area contributed by atoms with Crippen LogP contribution in [0.4, 0.5) is 0 Å². The summed E-state index contributed by atoms with van der Waals surface area (Å²) >= 11 is 0. The molecule has 0 amide bonds. The lowest BCUT2D eigenvalue weighted by atomic mass is 9.87. The summed E-state index contributed by atoms with van der Waals surface area (Å²) in [5.74, 6) is 0.150. The van der Waals surface area contributed by atoms with Crippen molar-refractivity contribution in [3.8, 4) is 22.6 Å². The molecule has 0 spiro atoms. The number of hydrogen-bond acceptors (Lipinski definition) is 7. The van der Waals surface area contributed by atoms with Crippen LogP contribution in [0, 0.1) is 6.92 Å². The van der Waals surface area contributed by atoms with Crippen LogP contribution in [0.2, 0.25) is 0 Å². The summed E-state index contributed by atoms with van der Waals surface area (Å²) < 4.78 is 38.7. The Morgan fingerprint density at radius 1 is 1.09 bits per heavy atom. The van der Waals surface area contributed by atoms with Gasteiger partial charge >= 0.3 is 5.97 Å². The van der Waals surface area contributed by atoms with E-state index < -0.39 is 21.4 Å². The van der Waals surface area contributed by atoms with E-state index in [0.29, 0.717) is 68.8 Å². The van der Waals surface area contributed by atoms with Crippen LogP contribution in [0.1, 0.15) is 43.0 Å². The van der Waals surface area contributed by atoms with E-state index in [-0.39, 0.29) is 23.4 Å². The highest BCUT2D eigenvalue weighted by atomic mass is 32.2. The van der Waals surface area contributed by atoms with E-state index in [2.05, 4.69) is 0 Å². The van der Waals surface area contributed by atoms with Crippen molar-refractivity contribution in [2.45, 2.75) is 57.6 Å². The van der Waals surface area contributed by atoms with Crippen LogP contribution in [0.5, 0.6) is 11.5 Å². The van der Waals surface area contributed by atoms with Crippen molar-refractivity contribution in [2.24, 2.45) is 0 Å². The number of pyridine rings is 2. The first-order valence-corrected chi connectivity index (χ1v) is 16.5. The highest BCUT2D eigenvalue weighted by Crippen LogP contribution is 2.48. The zero-order valence-corrected chi connectivity index (χ0v) is 26.6. The van der Waals surface area contributed by atoms with Gasteiger partial charge in [0.2, 0.25) is 0 Å². The summed E-state index contributed by atoms with van der Waals surface area (Å²) in [5, 5.41) is 11.5. The molecule has 5 aromatic rings. The van der Waals surface area contributed by atoms with E-state index >= 15 is 0 Å². The highest BCUT2D eigenvalue weighted by Gasteiger charge is 2.28. The predicted molar refractivity (Wildman–Crippen MR) is 173 cm³/mol. The van der Waals surface area contributed by atoms with Crippen molar-refractivity contribution in [1.82, 2.24) is 9.55 Å². The Morgan fingerprint density at radius 2 is 1.87 bits per heavy atom. The molecule has 0 unspecified atom stereocenters. The predicted octanol–water partition coefficient (Wildman–Crippen LogP) is 5.72. The van der Waals surface area contributed by atoms with Gasteiger partial charge in [0, 0.05) is 47.3 Å². The van der Waals surface area contributed by atoms with Gasteiger partial charge in [-0.1, -0.05) is 12.1 Å². The Hall–Kier alpha value is -4.70. The fraction of sp³-hybridized carbons (Fsp3) is 0.286. The average molecular weight is 627 g/mol. The minimum Gasteiger partial charge on any atom is -0.492 e. The third kappa shape index (κ3) is 5.78. The quantitative estimate of drug-likeness (QED) is 0.243. The molecular weight excluding hydrogens is 592 g/mol. The molecule has 1 aliphatic heterocycles. The maximum atomic E-state index is 13.4. The minimum absolute atomic E-state index is 0.109. The number of fused-ring (bicyclic) bond motifs is 1. The third-order valence-electron chi connectivity index (χ3n) is 7.95. The molecule has 0 aliphatic carbocycles. The number of hydrogen-bond donors (Lipinski definition) is 1. The number of ether oxygens (including phenoxy) is 2. The number of nitrogens with zero attached hydrogens (tertiary/aromatic N) is 2. The molecule has 6 rings (SSSR count). The van der Waals surface area contributed by atoms with Crippen LogP contribution in [0.15, 0.2) is 70.5 Å². The zero-order valence-electron chi connectivity index (χ0n) is 25.8. The van der Waals surface area contributed by atoms with Gasteiger partial charge in [-0.25, -0.2) is 8.42 Å². The minimum atomic E-state index is -3.46. The van der Waals surface area contributed by atoms with Crippen LogP contribution < -0.4 is 15.0 Å². The van der Waals surface area contributed by atoms with Crippen LogP contribution in [-0.2, 0) is 34.0 Å². The van der Waals surface area contributed by atoms with Gasteiger partial charge in [-0.15, -0.1) is 0 Å². The number of benzene rings is 3. The van der Waals surface area contributed by atoms with Crippen LogP contribution >= 0.6 is 0 Å². The fourth-order valence-corrected chi connectivity index (χ4v) is 6.78. The van der Waals surface area contributed by atoms with Crippen molar-refractivity contribution < 1.29 is 27.8 Å². The molecule has 0 atom stereocenters. The summed E-state index contributed by atoms with van der Waals surface area (Å²) in [6, 6.07) is 15.3. The lowest BCUT2D eigenvalue weighted by Crippen LogP contribution is -2.24. The summed E-state index contributed by atoms with van der Waals surface area (Å²) in [6.45, 7) is 8.27. The Balaban J connectivity index is 1.72. The molecule has 1 aliphatic rings. The largest absolute Gasteiger partial charge is 0.492 e. The third-order valence-corrected chi connectivity index (χ3v) is 9.06. The second kappa shape index (κ2) is 11.0. The van der Waals surface area contributed by atoms with Crippen LogP contribution in [-0.4, -0.2) is 47.5 Å². The fourth-order valence-electron chi connectivity index (χ4n) is 6.09. The summed E-state index contributed by atoms with van der Waals surface area (Å²) in [7, 11) is -3.46. The number of carboxylic acid groups (broad SMARTS) is 1. The van der Waals surface area contributed by atoms with E-state index in [1.807, 2.05) is 45.9 Å². The van der Waals surface area contributed by atoms with Gasteiger partial charge in [-0.3, -0.25) is 14.6 Å². The number of carbonyl (C=O) groups is 1. The van der Waals surface area contributed by atoms with Gasteiger partial charge < -0.3 is 19.1 Å². The molecule has 3 aromatic carbocycles. The number of aliphatic carboxylic acids is 1. The van der Waals surface area contributed by atoms with Crippen molar-refractivity contribution in [1.29, 1.82) is 0 Å². The Morgan fingerprint density at radius 3 is 2.58 bits per heavy atom. The van der Waals surface area contributed by atoms with Crippen molar-refractivity contribution >= 4 is 37.6 Å². The molecule has 0 bridgehead atoms. The molecule has 0 radical (unpaired) electrons. The molecule has 45 heavy (non-hydrogen) atoms. The van der Waals surface area contributed by atoms with Crippen molar-refractivity contribution in [2.75, 3.05) is 12.9 Å².